The second kappa shape index (κ2) is 28.9. The van der Waals surface area contributed by atoms with Crippen LogP contribution in [0.2, 0.25) is 0 Å². The Labute approximate surface area is 493 Å². The summed E-state index contributed by atoms with van der Waals surface area (Å²) >= 11 is 1.41. The molecule has 26 heteroatoms. The number of benzene rings is 3. The minimum atomic E-state index is -4.20. The third-order valence-corrected chi connectivity index (χ3v) is 15.2. The molecule has 0 aliphatic carbocycles. The van der Waals surface area contributed by atoms with Crippen LogP contribution in [-0.4, -0.2) is 202 Å². The summed E-state index contributed by atoms with van der Waals surface area (Å²) in [6.07, 6.45) is 6.28. The molecule has 9 rings (SSSR count). The van der Waals surface area contributed by atoms with Gasteiger partial charge >= 0.3 is 6.97 Å². The predicted molar refractivity (Wildman–Crippen MR) is 316 cm³/mol. The molecule has 6 heterocycles. The number of rotatable bonds is 29. The predicted octanol–water partition coefficient (Wildman–Crippen LogP) is 4.92. The maximum Gasteiger partial charge on any atom is 0.737 e. The number of likely N-dealkylation sites (N-methyl/N-ethyl adjacent to an activating group) is 2. The van der Waals surface area contributed by atoms with Gasteiger partial charge in [-0.05, 0) is 83.8 Å². The van der Waals surface area contributed by atoms with Crippen molar-refractivity contribution in [1.82, 2.24) is 39.8 Å². The lowest BCUT2D eigenvalue weighted by Gasteiger charge is -2.35. The van der Waals surface area contributed by atoms with E-state index in [1.807, 2.05) is 34.5 Å². The first-order chi connectivity index (χ1) is 41.1. The first kappa shape index (κ1) is 61.1. The number of allylic oxidation sites excluding steroid dienone is 2. The molecule has 0 unspecified atom stereocenters. The van der Waals surface area contributed by atoms with E-state index in [1.165, 1.54) is 41.3 Å². The molecule has 3 aromatic heterocycles. The summed E-state index contributed by atoms with van der Waals surface area (Å²) in [6, 6.07) is 25.6. The lowest BCUT2D eigenvalue weighted by molar-refractivity contribution is -0.359. The topological polar surface area (TPSA) is 228 Å². The SMILES string of the molecule is CN(CC(=O)NCCCOCCOCCOCCCNC(=O)CN(C)C(=O)COc1ccc(-c2ccc3n2[B-](F)(F)[N+]2=C(c4cccs4)C=CC2=C3)cc1)C(=O)COCC(=O)N1CCN(c2cc(-c3ccc(F)c4ccccc34)nc(N)n2)CC1. The molecule has 448 valence electrons. The molecule has 4 N–H and O–H groups in total. The van der Waals surface area contributed by atoms with Crippen LogP contribution in [0.1, 0.15) is 23.4 Å². The zero-order valence-corrected chi connectivity index (χ0v) is 48.1. The highest BCUT2D eigenvalue weighted by molar-refractivity contribution is 7.12. The largest absolute Gasteiger partial charge is 0.737 e. The monoisotopic (exact) mass is 1190 g/mol. The molecule has 1 fully saturated rings. The number of amides is 5. The molecule has 3 aliphatic rings. The van der Waals surface area contributed by atoms with Gasteiger partial charge in [-0.15, -0.1) is 11.3 Å². The van der Waals surface area contributed by atoms with E-state index in [2.05, 4.69) is 20.6 Å². The van der Waals surface area contributed by atoms with Gasteiger partial charge < -0.3 is 77.2 Å². The number of thiophene rings is 1. The van der Waals surface area contributed by atoms with Crippen molar-refractivity contribution in [2.45, 2.75) is 12.8 Å². The molecule has 85 heavy (non-hydrogen) atoms. The summed E-state index contributed by atoms with van der Waals surface area (Å²) in [5.74, 6) is -1.13. The molecule has 3 aromatic carbocycles. The van der Waals surface area contributed by atoms with Crippen molar-refractivity contribution in [2.75, 3.05) is 137 Å². The van der Waals surface area contributed by atoms with Gasteiger partial charge in [-0.25, -0.2) is 9.37 Å². The number of ether oxygens (including phenoxy) is 5. The van der Waals surface area contributed by atoms with Crippen molar-refractivity contribution in [2.24, 2.45) is 0 Å². The number of carbonyl (C=O) groups excluding carboxylic acids is 5. The lowest BCUT2D eigenvalue weighted by atomic mass is 9.90. The Morgan fingerprint density at radius 3 is 2.02 bits per heavy atom. The van der Waals surface area contributed by atoms with Crippen LogP contribution in [0.15, 0.2) is 114 Å². The molecule has 0 bridgehead atoms. The molecule has 21 nitrogen and oxygen atoms in total. The van der Waals surface area contributed by atoms with Crippen molar-refractivity contribution >= 4 is 82.2 Å². The minimum Gasteiger partial charge on any atom is -0.484 e. The fourth-order valence-corrected chi connectivity index (χ4v) is 10.6. The van der Waals surface area contributed by atoms with Gasteiger partial charge in [0.2, 0.25) is 29.6 Å². The number of halogens is 3. The number of piperazine rings is 1. The van der Waals surface area contributed by atoms with E-state index in [1.54, 1.807) is 83.8 Å². The Kier molecular flexibility index (Phi) is 20.8. The number of nitrogens with zero attached hydrogens (tertiary/aromatic N) is 8. The highest BCUT2D eigenvalue weighted by Gasteiger charge is 2.53. The van der Waals surface area contributed by atoms with Gasteiger partial charge in [0.25, 0.3) is 5.91 Å². The molecule has 5 amide bonds. The van der Waals surface area contributed by atoms with Crippen LogP contribution in [0.4, 0.5) is 24.8 Å². The summed E-state index contributed by atoms with van der Waals surface area (Å²) in [4.78, 5) is 79.1. The Morgan fingerprint density at radius 2 is 1.36 bits per heavy atom. The first-order valence-corrected chi connectivity index (χ1v) is 28.8. The number of anilines is 2. The van der Waals surface area contributed by atoms with Gasteiger partial charge in [-0.3, -0.25) is 24.0 Å². The summed E-state index contributed by atoms with van der Waals surface area (Å²) in [5, 5.41) is 8.56. The number of carbonyl (C=O) groups is 5. The molecule has 0 saturated carbocycles. The fraction of sp³-hybridized carbons (Fsp3) is 0.356. The maximum atomic E-state index is 16.3. The van der Waals surface area contributed by atoms with E-state index < -0.39 is 18.8 Å². The van der Waals surface area contributed by atoms with Gasteiger partial charge in [0.05, 0.1) is 50.1 Å². The van der Waals surface area contributed by atoms with Gasteiger partial charge in [-0.2, -0.15) is 4.98 Å². The standard InChI is InChI=1S/C59H67BF3N11O10S/c1-69(56(77)38-83-39-58(79)72-25-23-71(24-26-72)53-35-49(67-59(64)68-53)47-17-18-48(61)46-9-4-3-8-45(46)47)36-54(75)65-21-6-27-80-29-31-82-32-30-81-28-7-22-66-55(76)37-70(2)57(78)40-84-44-15-11-41(12-16-44)50-19-13-42-34-43-14-20-51(52-10-5-33-85-52)74(43)60(62,63)73(42)50/h3-5,8-20,33-35H,6-7,21-32,36-40H2,1-2H3,(H,65,75)(H,66,76)(H2,64,67,68). The lowest BCUT2D eigenvalue weighted by Crippen LogP contribution is -2.50. The number of nitrogens with one attached hydrogen (secondary N) is 2. The highest BCUT2D eigenvalue weighted by atomic mass is 32.1. The third-order valence-electron chi connectivity index (χ3n) is 14.3. The summed E-state index contributed by atoms with van der Waals surface area (Å²) in [6.45, 7) is -0.987. The van der Waals surface area contributed by atoms with E-state index in [0.717, 1.165) is 19.4 Å². The second-order valence-corrected chi connectivity index (χ2v) is 21.2. The quantitative estimate of drug-likeness (QED) is 0.0419. The van der Waals surface area contributed by atoms with Crippen LogP contribution < -0.4 is 26.0 Å². The van der Waals surface area contributed by atoms with Crippen LogP contribution in [0.25, 0.3) is 39.4 Å². The number of hydrogen-bond acceptors (Lipinski definition) is 15. The number of nitrogen functional groups attached to an aromatic ring is 1. The van der Waals surface area contributed by atoms with Crippen molar-refractivity contribution in [3.05, 3.63) is 131 Å². The van der Waals surface area contributed by atoms with Crippen molar-refractivity contribution in [1.29, 1.82) is 0 Å². The number of fused-ring (bicyclic) bond motifs is 3. The second-order valence-electron chi connectivity index (χ2n) is 20.3. The van der Waals surface area contributed by atoms with E-state index in [0.29, 0.717) is 148 Å². The molecule has 0 radical (unpaired) electrons. The zero-order valence-electron chi connectivity index (χ0n) is 47.3. The van der Waals surface area contributed by atoms with Crippen LogP contribution in [0.5, 0.6) is 5.75 Å². The molecule has 0 atom stereocenters. The molecule has 0 spiro atoms. The van der Waals surface area contributed by atoms with Crippen molar-refractivity contribution < 1.29 is 65.2 Å². The maximum absolute atomic E-state index is 16.3. The Hall–Kier alpha value is -8.43. The van der Waals surface area contributed by atoms with Crippen LogP contribution in [-0.2, 0) is 42.9 Å². The van der Waals surface area contributed by atoms with Crippen LogP contribution >= 0.6 is 11.3 Å². The summed E-state index contributed by atoms with van der Waals surface area (Å²) in [5.41, 5.74) is 9.60. The van der Waals surface area contributed by atoms with E-state index in [4.69, 9.17) is 29.4 Å². The van der Waals surface area contributed by atoms with Gasteiger partial charge in [-0.1, -0.05) is 30.3 Å². The van der Waals surface area contributed by atoms with Gasteiger partial charge in [0.15, 0.2) is 18.0 Å². The number of nitrogens with two attached hydrogens (primary N) is 1. The summed E-state index contributed by atoms with van der Waals surface area (Å²) in [7, 11) is 2.98. The molecule has 1 saturated heterocycles. The van der Waals surface area contributed by atoms with Gasteiger partial charge in [0.1, 0.15) is 30.6 Å². The van der Waals surface area contributed by atoms with Gasteiger partial charge in [0, 0.05) is 113 Å². The van der Waals surface area contributed by atoms with Crippen molar-refractivity contribution in [3.63, 3.8) is 0 Å². The van der Waals surface area contributed by atoms with Crippen LogP contribution in [0.3, 0.4) is 0 Å². The molecular weight excluding hydrogens is 1120 g/mol. The number of hydrogen-bond donors (Lipinski definition) is 3. The summed E-state index contributed by atoms with van der Waals surface area (Å²) < 4.78 is 77.1. The minimum absolute atomic E-state index is 0.0737. The normalized spacial score (nSPS) is 14.2. The molecule has 6 aromatic rings. The Bertz CT molecular complexity index is 3450. The zero-order chi connectivity index (χ0) is 59.9. The smallest absolute Gasteiger partial charge is 0.484 e. The van der Waals surface area contributed by atoms with Crippen LogP contribution in [0, 0.1) is 5.82 Å². The Balaban J connectivity index is 0.545. The van der Waals surface area contributed by atoms with E-state index >= 15 is 8.63 Å². The molecule has 3 aliphatic heterocycles. The highest BCUT2D eigenvalue weighted by Crippen LogP contribution is 2.38. The third kappa shape index (κ3) is 15.7. The molecular formula is C59H67BF3N11O10S. The van der Waals surface area contributed by atoms with Crippen molar-refractivity contribution in [3.8, 4) is 28.3 Å². The number of aromatic nitrogens is 3. The first-order valence-electron chi connectivity index (χ1n) is 27.9. The van der Waals surface area contributed by atoms with E-state index in [9.17, 15) is 28.4 Å². The average Bonchev–Trinajstić information content (AvgIpc) is 2.84. The average molecular weight is 1190 g/mol. The van der Waals surface area contributed by atoms with E-state index in [-0.39, 0.29) is 62.4 Å². The fourth-order valence-electron chi connectivity index (χ4n) is 9.88. The Morgan fingerprint density at radius 1 is 0.718 bits per heavy atom.